The van der Waals surface area contributed by atoms with Gasteiger partial charge in [-0.1, -0.05) is 25.1 Å². The van der Waals surface area contributed by atoms with E-state index < -0.39 is 11.9 Å². The van der Waals surface area contributed by atoms with Gasteiger partial charge < -0.3 is 18.9 Å². The molecule has 2 aromatic carbocycles. The Morgan fingerprint density at radius 1 is 0.968 bits per heavy atom. The molecular weight excluding hydrogens is 398 g/mol. The van der Waals surface area contributed by atoms with Gasteiger partial charge in [-0.05, 0) is 30.2 Å². The fraction of sp³-hybridized carbons (Fsp3) is 0.333. The summed E-state index contributed by atoms with van der Waals surface area (Å²) in [5.41, 5.74) is 3.64. The molecule has 7 heteroatoms. The van der Waals surface area contributed by atoms with Gasteiger partial charge in [0.25, 0.3) is 0 Å². The van der Waals surface area contributed by atoms with Crippen LogP contribution in [0.5, 0.6) is 17.2 Å². The lowest BCUT2D eigenvalue weighted by atomic mass is 9.83. The van der Waals surface area contributed by atoms with E-state index in [9.17, 15) is 9.59 Å². The van der Waals surface area contributed by atoms with E-state index >= 15 is 0 Å². The number of amides is 1. The van der Waals surface area contributed by atoms with Crippen molar-refractivity contribution in [3.05, 3.63) is 58.8 Å². The third kappa shape index (κ3) is 3.40. The van der Waals surface area contributed by atoms with Gasteiger partial charge in [-0.15, -0.1) is 0 Å². The minimum atomic E-state index is -0.501. The van der Waals surface area contributed by atoms with Crippen LogP contribution < -0.4 is 19.1 Å². The number of esters is 1. The summed E-state index contributed by atoms with van der Waals surface area (Å²) in [4.78, 5) is 27.6. The molecular formula is C24H25NO6. The maximum absolute atomic E-state index is 13.3. The van der Waals surface area contributed by atoms with Gasteiger partial charge in [-0.3, -0.25) is 9.69 Å². The molecule has 0 N–H and O–H groups in total. The minimum Gasteiger partial charge on any atom is -0.493 e. The van der Waals surface area contributed by atoms with E-state index in [1.807, 2.05) is 24.3 Å². The summed E-state index contributed by atoms with van der Waals surface area (Å²) in [6.45, 7) is 2.13. The Balaban J connectivity index is 1.84. The third-order valence-corrected chi connectivity index (χ3v) is 5.83. The van der Waals surface area contributed by atoms with Crippen molar-refractivity contribution < 1.29 is 28.5 Å². The van der Waals surface area contributed by atoms with Crippen molar-refractivity contribution in [1.82, 2.24) is 0 Å². The van der Waals surface area contributed by atoms with E-state index in [1.165, 1.54) is 26.9 Å². The molecule has 0 fully saturated rings. The zero-order valence-corrected chi connectivity index (χ0v) is 18.1. The first-order chi connectivity index (χ1) is 15.0. The Kier molecular flexibility index (Phi) is 5.59. The fourth-order valence-corrected chi connectivity index (χ4v) is 4.30. The Bertz CT molecular complexity index is 1060. The zero-order chi connectivity index (χ0) is 22.1. The highest BCUT2D eigenvalue weighted by atomic mass is 16.5. The molecule has 1 amide bonds. The highest BCUT2D eigenvalue weighted by Gasteiger charge is 2.44. The number of carbonyl (C=O) groups is 2. The lowest BCUT2D eigenvalue weighted by molar-refractivity contribution is -0.136. The van der Waals surface area contributed by atoms with E-state index in [-0.39, 0.29) is 18.9 Å². The van der Waals surface area contributed by atoms with Gasteiger partial charge in [0.05, 0.1) is 32.6 Å². The SMILES string of the molecule is CCc1ccc(N2C(=O)C[C@H](c3ccc(OC)c(OC)c3OC)C3=C2COC3=O)cc1. The summed E-state index contributed by atoms with van der Waals surface area (Å²) in [5.74, 6) is 0.333. The number of anilines is 1. The number of ether oxygens (including phenoxy) is 4. The van der Waals surface area contributed by atoms with Gasteiger partial charge >= 0.3 is 5.97 Å². The molecule has 2 heterocycles. The number of carbonyl (C=O) groups excluding carboxylic acids is 2. The van der Waals surface area contributed by atoms with Crippen LogP contribution in [0.4, 0.5) is 5.69 Å². The smallest absolute Gasteiger partial charge is 0.336 e. The Morgan fingerprint density at radius 2 is 1.68 bits per heavy atom. The predicted molar refractivity (Wildman–Crippen MR) is 115 cm³/mol. The Morgan fingerprint density at radius 3 is 2.29 bits per heavy atom. The number of benzene rings is 2. The summed E-state index contributed by atoms with van der Waals surface area (Å²) < 4.78 is 21.8. The molecule has 2 aromatic rings. The van der Waals surface area contributed by atoms with Gasteiger partial charge in [-0.25, -0.2) is 4.79 Å². The largest absolute Gasteiger partial charge is 0.493 e. The molecule has 1 atom stereocenters. The molecule has 0 spiro atoms. The fourth-order valence-electron chi connectivity index (χ4n) is 4.30. The van der Waals surface area contributed by atoms with Crippen LogP contribution in [0.2, 0.25) is 0 Å². The highest BCUT2D eigenvalue weighted by Crippen LogP contribution is 2.49. The maximum Gasteiger partial charge on any atom is 0.336 e. The van der Waals surface area contributed by atoms with Crippen LogP contribution in [0.3, 0.4) is 0 Å². The molecule has 2 aliphatic rings. The quantitative estimate of drug-likeness (QED) is 0.661. The molecule has 0 saturated heterocycles. The predicted octanol–water partition coefficient (Wildman–Crippen LogP) is 3.61. The number of hydrogen-bond donors (Lipinski definition) is 0. The number of nitrogens with zero attached hydrogens (tertiary/aromatic N) is 1. The van der Waals surface area contributed by atoms with Crippen molar-refractivity contribution in [2.24, 2.45) is 0 Å². The summed E-state index contributed by atoms with van der Waals surface area (Å²) in [5, 5.41) is 0. The number of aryl methyl sites for hydroxylation is 1. The van der Waals surface area contributed by atoms with E-state index in [0.29, 0.717) is 34.1 Å². The molecule has 162 valence electrons. The lowest BCUT2D eigenvalue weighted by Crippen LogP contribution is -2.37. The van der Waals surface area contributed by atoms with Crippen LogP contribution in [0.1, 0.15) is 30.4 Å². The average Bonchev–Trinajstić information content (AvgIpc) is 3.18. The third-order valence-electron chi connectivity index (χ3n) is 5.83. The molecule has 31 heavy (non-hydrogen) atoms. The monoisotopic (exact) mass is 423 g/mol. The van der Waals surface area contributed by atoms with E-state index in [0.717, 1.165) is 12.1 Å². The van der Waals surface area contributed by atoms with Crippen molar-refractivity contribution in [1.29, 1.82) is 0 Å². The zero-order valence-electron chi connectivity index (χ0n) is 18.1. The highest BCUT2D eigenvalue weighted by molar-refractivity contribution is 6.06. The molecule has 0 aliphatic carbocycles. The van der Waals surface area contributed by atoms with Gasteiger partial charge in [0, 0.05) is 23.6 Å². The number of methoxy groups -OCH3 is 3. The first-order valence-corrected chi connectivity index (χ1v) is 10.1. The van der Waals surface area contributed by atoms with E-state index in [4.69, 9.17) is 18.9 Å². The Labute approximate surface area is 181 Å². The topological polar surface area (TPSA) is 74.3 Å². The first kappa shape index (κ1) is 20.8. The van der Waals surface area contributed by atoms with E-state index in [1.54, 1.807) is 17.0 Å². The average molecular weight is 423 g/mol. The van der Waals surface area contributed by atoms with Crippen LogP contribution in [-0.4, -0.2) is 39.8 Å². The van der Waals surface area contributed by atoms with Gasteiger partial charge in [0.15, 0.2) is 11.5 Å². The number of hydrogen-bond acceptors (Lipinski definition) is 6. The second-order valence-electron chi connectivity index (χ2n) is 7.37. The molecule has 0 saturated carbocycles. The second-order valence-corrected chi connectivity index (χ2v) is 7.37. The van der Waals surface area contributed by atoms with Crippen molar-refractivity contribution in [3.63, 3.8) is 0 Å². The molecule has 2 aliphatic heterocycles. The number of rotatable bonds is 6. The van der Waals surface area contributed by atoms with Gasteiger partial charge in [-0.2, -0.15) is 0 Å². The molecule has 7 nitrogen and oxygen atoms in total. The second kappa shape index (κ2) is 8.34. The summed E-state index contributed by atoms with van der Waals surface area (Å²) in [7, 11) is 4.58. The van der Waals surface area contributed by atoms with Crippen LogP contribution in [0, 0.1) is 0 Å². The molecule has 4 rings (SSSR count). The van der Waals surface area contributed by atoms with Crippen LogP contribution in [0.25, 0.3) is 0 Å². The van der Waals surface area contributed by atoms with Crippen molar-refractivity contribution in [3.8, 4) is 17.2 Å². The van der Waals surface area contributed by atoms with Crippen molar-refractivity contribution in [2.75, 3.05) is 32.8 Å². The van der Waals surface area contributed by atoms with Crippen molar-refractivity contribution >= 4 is 17.6 Å². The molecule has 0 bridgehead atoms. The summed E-state index contributed by atoms with van der Waals surface area (Å²) >= 11 is 0. The van der Waals surface area contributed by atoms with E-state index in [2.05, 4.69) is 6.92 Å². The Hall–Kier alpha value is -3.48. The maximum atomic E-state index is 13.3. The minimum absolute atomic E-state index is 0.0571. The molecule has 0 aromatic heterocycles. The summed E-state index contributed by atoms with van der Waals surface area (Å²) in [6.07, 6.45) is 1.01. The van der Waals surface area contributed by atoms with Gasteiger partial charge in [0.2, 0.25) is 11.7 Å². The van der Waals surface area contributed by atoms with Crippen LogP contribution in [-0.2, 0) is 20.7 Å². The standard InChI is InChI=1S/C24H25NO6/c1-5-14-6-8-15(9-7-14)25-18-13-31-24(27)21(18)17(12-20(25)26)16-10-11-19(28-2)23(30-4)22(16)29-3/h6-11,17H,5,12-13H2,1-4H3/t17-/m1/s1. The van der Waals surface area contributed by atoms with Crippen LogP contribution >= 0.6 is 0 Å². The number of cyclic esters (lactones) is 1. The van der Waals surface area contributed by atoms with Crippen LogP contribution in [0.15, 0.2) is 47.7 Å². The lowest BCUT2D eigenvalue weighted by Gasteiger charge is -2.32. The first-order valence-electron chi connectivity index (χ1n) is 10.1. The summed E-state index contributed by atoms with van der Waals surface area (Å²) in [6, 6.07) is 11.3. The molecule has 0 radical (unpaired) electrons. The normalized spacial score (nSPS) is 18.1. The van der Waals surface area contributed by atoms with Crippen molar-refractivity contribution in [2.45, 2.75) is 25.7 Å². The van der Waals surface area contributed by atoms with Gasteiger partial charge in [0.1, 0.15) is 6.61 Å². The molecule has 0 unspecified atom stereocenters.